The minimum Gasteiger partial charge on any atom is -0.302 e. The second-order valence-electron chi connectivity index (χ2n) is 10.7. The fraction of sp³-hybridized carbons (Fsp3) is 0.679. The molecule has 3 atom stereocenters. The number of Topliss-reactive ketones (excluding diaryl/α,β-unsaturated/α-hetero) is 1. The number of fused-ring (bicyclic) bond motifs is 3. The van der Waals surface area contributed by atoms with E-state index in [1.54, 1.807) is 0 Å². The van der Waals surface area contributed by atoms with Crippen LogP contribution in [0.3, 0.4) is 0 Å². The average molecular weight is 450 g/mol. The number of ketones is 1. The summed E-state index contributed by atoms with van der Waals surface area (Å²) in [5, 5.41) is 0. The molecule has 5 nitrogen and oxygen atoms in total. The molecule has 1 aromatic heterocycles. The summed E-state index contributed by atoms with van der Waals surface area (Å²) in [6, 6.07) is 9.80. The van der Waals surface area contributed by atoms with Crippen LogP contribution >= 0.6 is 0 Å². The first-order valence-electron chi connectivity index (χ1n) is 13.4. The zero-order valence-electron chi connectivity index (χ0n) is 20.2. The molecule has 0 N–H and O–H groups in total. The van der Waals surface area contributed by atoms with Gasteiger partial charge in [-0.1, -0.05) is 63.5 Å². The van der Waals surface area contributed by atoms with E-state index in [1.165, 1.54) is 84.0 Å². The number of piperidine rings is 1. The molecule has 5 heteroatoms. The van der Waals surface area contributed by atoms with Crippen molar-refractivity contribution in [2.45, 2.75) is 121 Å². The molecule has 2 aromatic rings. The minimum absolute atomic E-state index is 0.0897. The third kappa shape index (κ3) is 4.66. The molecule has 33 heavy (non-hydrogen) atoms. The fourth-order valence-corrected chi connectivity index (χ4v) is 7.00. The summed E-state index contributed by atoms with van der Waals surface area (Å²) < 4.78 is 1.93. The van der Waals surface area contributed by atoms with Crippen molar-refractivity contribution in [3.63, 3.8) is 0 Å². The van der Waals surface area contributed by atoms with Crippen LogP contribution in [0.1, 0.15) is 113 Å². The van der Waals surface area contributed by atoms with Crippen molar-refractivity contribution in [2.24, 2.45) is 0 Å². The maximum Gasteiger partial charge on any atom is 0.280 e. The first-order valence-corrected chi connectivity index (χ1v) is 13.4. The Morgan fingerprint density at radius 2 is 1.36 bits per heavy atom. The molecule has 1 aromatic carbocycles. The third-order valence-electron chi connectivity index (χ3n) is 8.50. The maximum absolute atomic E-state index is 13.4. The van der Waals surface area contributed by atoms with Gasteiger partial charge in [-0.25, -0.2) is 4.98 Å². The van der Waals surface area contributed by atoms with Crippen LogP contribution in [0.25, 0.3) is 11.0 Å². The van der Waals surface area contributed by atoms with Gasteiger partial charge < -0.3 is 4.57 Å². The molecule has 5 rings (SSSR count). The zero-order valence-corrected chi connectivity index (χ0v) is 20.2. The van der Waals surface area contributed by atoms with Crippen molar-refractivity contribution < 1.29 is 4.79 Å². The lowest BCUT2D eigenvalue weighted by Crippen LogP contribution is -2.50. The molecule has 1 aliphatic carbocycles. The lowest BCUT2D eigenvalue weighted by molar-refractivity contribution is 0.0517. The van der Waals surface area contributed by atoms with Crippen molar-refractivity contribution in [1.82, 2.24) is 14.5 Å². The molecule has 1 saturated carbocycles. The van der Waals surface area contributed by atoms with Crippen molar-refractivity contribution in [3.05, 3.63) is 40.3 Å². The van der Waals surface area contributed by atoms with Crippen LogP contribution in [-0.2, 0) is 0 Å². The molecule has 2 bridgehead atoms. The molecule has 3 heterocycles. The highest BCUT2D eigenvalue weighted by atomic mass is 16.1. The van der Waals surface area contributed by atoms with E-state index in [0.717, 1.165) is 23.9 Å². The van der Waals surface area contributed by atoms with Crippen molar-refractivity contribution in [2.75, 3.05) is 0 Å². The predicted octanol–water partition coefficient (Wildman–Crippen LogP) is 6.05. The van der Waals surface area contributed by atoms with Crippen LogP contribution in [0.4, 0.5) is 0 Å². The van der Waals surface area contributed by atoms with E-state index in [1.807, 2.05) is 28.8 Å². The molecule has 3 aliphatic rings. The molecule has 178 valence electrons. The highest BCUT2D eigenvalue weighted by molar-refractivity contribution is 5.93. The fourth-order valence-electron chi connectivity index (χ4n) is 7.00. The van der Waals surface area contributed by atoms with Gasteiger partial charge in [0.1, 0.15) is 0 Å². The van der Waals surface area contributed by atoms with Gasteiger partial charge in [0.25, 0.3) is 5.56 Å². The van der Waals surface area contributed by atoms with Gasteiger partial charge in [-0.3, -0.25) is 14.5 Å². The number of para-hydroxylation sites is 2. The predicted molar refractivity (Wildman–Crippen MR) is 133 cm³/mol. The number of nitrogens with zero attached hydrogens (tertiary/aromatic N) is 3. The smallest absolute Gasteiger partial charge is 0.280 e. The molecule has 0 amide bonds. The van der Waals surface area contributed by atoms with Gasteiger partial charge >= 0.3 is 0 Å². The Morgan fingerprint density at radius 1 is 0.788 bits per heavy atom. The Kier molecular flexibility index (Phi) is 6.96. The van der Waals surface area contributed by atoms with Gasteiger partial charge in [-0.2, -0.15) is 0 Å². The topological polar surface area (TPSA) is 55.2 Å². The van der Waals surface area contributed by atoms with E-state index in [-0.39, 0.29) is 23.1 Å². The Bertz CT molecular complexity index is 1020. The van der Waals surface area contributed by atoms with Gasteiger partial charge in [0.05, 0.1) is 11.0 Å². The summed E-state index contributed by atoms with van der Waals surface area (Å²) >= 11 is 0. The average Bonchev–Trinajstić information content (AvgIpc) is 3.04. The van der Waals surface area contributed by atoms with Gasteiger partial charge in [0.2, 0.25) is 0 Å². The molecule has 0 radical (unpaired) electrons. The van der Waals surface area contributed by atoms with Crippen molar-refractivity contribution >= 4 is 16.8 Å². The summed E-state index contributed by atoms with van der Waals surface area (Å²) in [7, 11) is 0. The lowest BCUT2D eigenvalue weighted by atomic mass is 9.91. The van der Waals surface area contributed by atoms with Crippen LogP contribution in [0.2, 0.25) is 0 Å². The van der Waals surface area contributed by atoms with E-state index >= 15 is 0 Å². The third-order valence-corrected chi connectivity index (χ3v) is 8.50. The first kappa shape index (κ1) is 22.8. The van der Waals surface area contributed by atoms with Crippen LogP contribution in [0.5, 0.6) is 0 Å². The molecular weight excluding hydrogens is 410 g/mol. The lowest BCUT2D eigenvalue weighted by Gasteiger charge is -2.44. The summed E-state index contributed by atoms with van der Waals surface area (Å²) in [5.74, 6) is -0.239. The first-order chi connectivity index (χ1) is 16.1. The molecular formula is C28H39N3O2. The maximum atomic E-state index is 13.4. The van der Waals surface area contributed by atoms with Crippen LogP contribution in [0.15, 0.2) is 29.1 Å². The molecule has 0 spiro atoms. The SMILES string of the molecule is CC(=O)c1nc2ccccc2n(C2C[C@H]3CC[C@@H](C2)N3C2CCCCCCCCCC2)c1=O. The molecule has 3 fully saturated rings. The summed E-state index contributed by atoms with van der Waals surface area (Å²) in [6.07, 6.45) is 18.3. The molecule has 2 saturated heterocycles. The van der Waals surface area contributed by atoms with E-state index in [9.17, 15) is 9.59 Å². The standard InChI is InChI=1S/C28H39N3O2/c1-20(32)27-28(33)31(26-15-11-10-14-25(26)29-27)24-18-22-16-17-23(19-24)30(22)21-12-8-6-4-2-3-5-7-9-13-21/h10-11,14-15,21-24H,2-9,12-13,16-19H2,1H3/t22-,23+,24?. The van der Waals surface area contributed by atoms with Gasteiger partial charge in [0, 0.05) is 31.1 Å². The number of aromatic nitrogens is 2. The number of rotatable bonds is 3. The van der Waals surface area contributed by atoms with E-state index in [4.69, 9.17) is 0 Å². The normalized spacial score (nSPS) is 28.0. The summed E-state index contributed by atoms with van der Waals surface area (Å²) in [4.78, 5) is 32.9. The second kappa shape index (κ2) is 10.1. The van der Waals surface area contributed by atoms with Crippen molar-refractivity contribution in [1.29, 1.82) is 0 Å². The summed E-state index contributed by atoms with van der Waals surface area (Å²) in [6.45, 7) is 1.46. The Hall–Kier alpha value is -2.01. The van der Waals surface area contributed by atoms with Crippen LogP contribution in [0, 0.1) is 0 Å². The number of carbonyl (C=O) groups excluding carboxylic acids is 1. The summed E-state index contributed by atoms with van der Waals surface area (Å²) in [5.41, 5.74) is 1.52. The van der Waals surface area contributed by atoms with Gasteiger partial charge in [-0.05, 0) is 50.7 Å². The highest BCUT2D eigenvalue weighted by Gasteiger charge is 2.44. The second-order valence-corrected chi connectivity index (χ2v) is 10.7. The van der Waals surface area contributed by atoms with Crippen molar-refractivity contribution in [3.8, 4) is 0 Å². The number of hydrogen-bond acceptors (Lipinski definition) is 4. The highest BCUT2D eigenvalue weighted by Crippen LogP contribution is 2.44. The largest absolute Gasteiger partial charge is 0.302 e. The van der Waals surface area contributed by atoms with E-state index in [2.05, 4.69) is 9.88 Å². The zero-order chi connectivity index (χ0) is 22.8. The minimum atomic E-state index is -0.239. The molecule has 2 aliphatic heterocycles. The number of carbonyl (C=O) groups is 1. The van der Waals surface area contributed by atoms with E-state index < -0.39 is 0 Å². The number of hydrogen-bond donors (Lipinski definition) is 0. The Labute approximate surface area is 197 Å². The molecule has 1 unspecified atom stereocenters. The van der Waals surface area contributed by atoms with Crippen LogP contribution < -0.4 is 5.56 Å². The Balaban J connectivity index is 1.41. The van der Waals surface area contributed by atoms with Gasteiger partial charge in [-0.15, -0.1) is 0 Å². The van der Waals surface area contributed by atoms with Crippen LogP contribution in [-0.4, -0.2) is 38.4 Å². The number of benzene rings is 1. The van der Waals surface area contributed by atoms with E-state index in [0.29, 0.717) is 18.1 Å². The monoisotopic (exact) mass is 449 g/mol. The Morgan fingerprint density at radius 3 is 1.97 bits per heavy atom. The van der Waals surface area contributed by atoms with Gasteiger partial charge in [0.15, 0.2) is 11.5 Å². The quantitative estimate of drug-likeness (QED) is 0.535.